The monoisotopic (exact) mass is 238 g/mol. The fourth-order valence-corrected chi connectivity index (χ4v) is 1.95. The maximum Gasteiger partial charge on any atom is 0.471 e. The minimum absolute atomic E-state index is 0.135. The van der Waals surface area contributed by atoms with Crippen molar-refractivity contribution < 1.29 is 18.0 Å². The smallest absolute Gasteiger partial charge is 0.329 e. The van der Waals surface area contributed by atoms with Gasteiger partial charge in [-0.2, -0.15) is 13.2 Å². The first-order chi connectivity index (χ1) is 7.32. The highest BCUT2D eigenvalue weighted by Crippen LogP contribution is 2.22. The van der Waals surface area contributed by atoms with Crippen LogP contribution in [0, 0.1) is 5.92 Å². The molecule has 1 aliphatic heterocycles. The van der Waals surface area contributed by atoms with E-state index in [1.807, 2.05) is 13.8 Å². The standard InChI is InChI=1S/C10H17F3N2O/c1-7(2)5-8-6-14-3-4-15(8)9(16)10(11,12)13/h7-8,14H,3-6H2,1-2H3/t8-/m0/s1. The second-order valence-corrected chi connectivity index (χ2v) is 4.48. The molecule has 1 rings (SSSR count). The molecule has 1 saturated heterocycles. The highest BCUT2D eigenvalue weighted by Gasteiger charge is 2.45. The molecule has 0 aliphatic carbocycles. The van der Waals surface area contributed by atoms with Crippen molar-refractivity contribution in [3.8, 4) is 0 Å². The Hall–Kier alpha value is -0.780. The van der Waals surface area contributed by atoms with Gasteiger partial charge in [-0.15, -0.1) is 0 Å². The number of nitrogens with zero attached hydrogens (tertiary/aromatic N) is 1. The van der Waals surface area contributed by atoms with E-state index >= 15 is 0 Å². The molecule has 0 saturated carbocycles. The van der Waals surface area contributed by atoms with Gasteiger partial charge in [0.2, 0.25) is 0 Å². The molecular weight excluding hydrogens is 221 g/mol. The predicted octanol–water partition coefficient (Wildman–Crippen LogP) is 1.40. The second kappa shape index (κ2) is 5.03. The van der Waals surface area contributed by atoms with Crippen LogP contribution >= 0.6 is 0 Å². The lowest BCUT2D eigenvalue weighted by atomic mass is 10.0. The van der Waals surface area contributed by atoms with E-state index in [1.54, 1.807) is 0 Å². The Balaban J connectivity index is 2.70. The molecule has 1 aliphatic rings. The van der Waals surface area contributed by atoms with Gasteiger partial charge < -0.3 is 10.2 Å². The first-order valence-corrected chi connectivity index (χ1v) is 5.41. The van der Waals surface area contributed by atoms with Crippen molar-refractivity contribution in [3.63, 3.8) is 0 Å². The molecule has 0 radical (unpaired) electrons. The summed E-state index contributed by atoms with van der Waals surface area (Å²) in [7, 11) is 0. The molecule has 0 spiro atoms. The number of nitrogens with one attached hydrogen (secondary N) is 1. The molecule has 94 valence electrons. The van der Waals surface area contributed by atoms with Crippen LogP contribution < -0.4 is 5.32 Å². The Bertz CT molecular complexity index is 253. The van der Waals surface area contributed by atoms with Crippen LogP contribution in [0.15, 0.2) is 0 Å². The van der Waals surface area contributed by atoms with Gasteiger partial charge in [0.15, 0.2) is 0 Å². The maximum atomic E-state index is 12.3. The lowest BCUT2D eigenvalue weighted by Gasteiger charge is -2.37. The summed E-state index contributed by atoms with van der Waals surface area (Å²) in [5, 5.41) is 3.02. The number of carbonyl (C=O) groups is 1. The van der Waals surface area contributed by atoms with E-state index in [-0.39, 0.29) is 18.5 Å². The van der Waals surface area contributed by atoms with Crippen molar-refractivity contribution in [2.45, 2.75) is 32.5 Å². The number of hydrogen-bond donors (Lipinski definition) is 1. The molecule has 16 heavy (non-hydrogen) atoms. The van der Waals surface area contributed by atoms with E-state index in [9.17, 15) is 18.0 Å². The molecule has 0 aromatic heterocycles. The molecule has 1 heterocycles. The van der Waals surface area contributed by atoms with Crippen molar-refractivity contribution in [2.24, 2.45) is 5.92 Å². The largest absolute Gasteiger partial charge is 0.471 e. The molecular formula is C10H17F3N2O. The van der Waals surface area contributed by atoms with Gasteiger partial charge in [0.25, 0.3) is 0 Å². The van der Waals surface area contributed by atoms with Crippen molar-refractivity contribution >= 4 is 5.91 Å². The van der Waals surface area contributed by atoms with Gasteiger partial charge in [0.05, 0.1) is 0 Å². The Morgan fingerprint density at radius 3 is 2.62 bits per heavy atom. The Morgan fingerprint density at radius 2 is 2.12 bits per heavy atom. The molecule has 6 heteroatoms. The van der Waals surface area contributed by atoms with Crippen molar-refractivity contribution in [1.82, 2.24) is 10.2 Å². The van der Waals surface area contributed by atoms with E-state index in [2.05, 4.69) is 5.32 Å². The van der Waals surface area contributed by atoms with Gasteiger partial charge in [-0.25, -0.2) is 0 Å². The van der Waals surface area contributed by atoms with Gasteiger partial charge in [0, 0.05) is 25.7 Å². The van der Waals surface area contributed by atoms with Gasteiger partial charge in [-0.3, -0.25) is 4.79 Å². The summed E-state index contributed by atoms with van der Waals surface area (Å²) in [5.74, 6) is -1.44. The summed E-state index contributed by atoms with van der Waals surface area (Å²) < 4.78 is 37.0. The predicted molar refractivity (Wildman–Crippen MR) is 53.9 cm³/mol. The molecule has 0 bridgehead atoms. The van der Waals surface area contributed by atoms with Crippen LogP contribution in [0.5, 0.6) is 0 Å². The quantitative estimate of drug-likeness (QED) is 0.788. The number of carbonyl (C=O) groups excluding carboxylic acids is 1. The minimum Gasteiger partial charge on any atom is -0.329 e. The number of piperazine rings is 1. The summed E-state index contributed by atoms with van der Waals surface area (Å²) in [5.41, 5.74) is 0. The number of amides is 1. The van der Waals surface area contributed by atoms with Crippen LogP contribution in [0.2, 0.25) is 0 Å². The molecule has 1 atom stereocenters. The first kappa shape index (κ1) is 13.3. The zero-order chi connectivity index (χ0) is 12.3. The summed E-state index contributed by atoms with van der Waals surface area (Å²) in [6.07, 6.45) is -4.17. The third-order valence-electron chi connectivity index (χ3n) is 2.60. The van der Waals surface area contributed by atoms with Crippen LogP contribution in [0.1, 0.15) is 20.3 Å². The summed E-state index contributed by atoms with van der Waals surface area (Å²) >= 11 is 0. The normalized spacial score (nSPS) is 22.6. The number of hydrogen-bond acceptors (Lipinski definition) is 2. The molecule has 0 unspecified atom stereocenters. The zero-order valence-electron chi connectivity index (χ0n) is 9.47. The highest BCUT2D eigenvalue weighted by molar-refractivity contribution is 5.82. The lowest BCUT2D eigenvalue weighted by molar-refractivity contribution is -0.188. The fourth-order valence-electron chi connectivity index (χ4n) is 1.95. The van der Waals surface area contributed by atoms with Gasteiger partial charge >= 0.3 is 12.1 Å². The van der Waals surface area contributed by atoms with Crippen LogP contribution in [0.4, 0.5) is 13.2 Å². The Morgan fingerprint density at radius 1 is 1.50 bits per heavy atom. The van der Waals surface area contributed by atoms with E-state index in [1.165, 1.54) is 0 Å². The lowest BCUT2D eigenvalue weighted by Crippen LogP contribution is -2.57. The van der Waals surface area contributed by atoms with Crippen LogP contribution in [0.3, 0.4) is 0 Å². The average Bonchev–Trinajstić information content (AvgIpc) is 2.15. The zero-order valence-corrected chi connectivity index (χ0v) is 9.47. The Kier molecular flexibility index (Phi) is 4.18. The highest BCUT2D eigenvalue weighted by atomic mass is 19.4. The van der Waals surface area contributed by atoms with E-state index in [0.29, 0.717) is 19.5 Å². The molecule has 0 aromatic carbocycles. The summed E-state index contributed by atoms with van der Waals surface area (Å²) in [4.78, 5) is 12.1. The third-order valence-corrected chi connectivity index (χ3v) is 2.60. The van der Waals surface area contributed by atoms with Crippen molar-refractivity contribution in [2.75, 3.05) is 19.6 Å². The third kappa shape index (κ3) is 3.37. The van der Waals surface area contributed by atoms with Crippen LogP contribution in [-0.2, 0) is 4.79 Å². The molecule has 1 fully saturated rings. The van der Waals surface area contributed by atoms with Gasteiger partial charge in [-0.1, -0.05) is 13.8 Å². The molecule has 3 nitrogen and oxygen atoms in total. The van der Waals surface area contributed by atoms with E-state index < -0.39 is 12.1 Å². The number of rotatable bonds is 2. The minimum atomic E-state index is -4.76. The first-order valence-electron chi connectivity index (χ1n) is 5.41. The number of halogens is 3. The molecule has 1 amide bonds. The SMILES string of the molecule is CC(C)C[C@H]1CNCCN1C(=O)C(F)(F)F. The topological polar surface area (TPSA) is 32.3 Å². The molecule has 0 aromatic rings. The average molecular weight is 238 g/mol. The van der Waals surface area contributed by atoms with Crippen LogP contribution in [-0.4, -0.2) is 42.7 Å². The van der Waals surface area contributed by atoms with Crippen LogP contribution in [0.25, 0.3) is 0 Å². The summed E-state index contributed by atoms with van der Waals surface area (Å²) in [6.45, 7) is 4.88. The maximum absolute atomic E-state index is 12.3. The van der Waals surface area contributed by atoms with E-state index in [0.717, 1.165) is 4.90 Å². The van der Waals surface area contributed by atoms with Crippen molar-refractivity contribution in [1.29, 1.82) is 0 Å². The van der Waals surface area contributed by atoms with E-state index in [4.69, 9.17) is 0 Å². The Labute approximate surface area is 93.0 Å². The molecule has 1 N–H and O–H groups in total. The fraction of sp³-hybridized carbons (Fsp3) is 0.900. The van der Waals surface area contributed by atoms with Crippen molar-refractivity contribution in [3.05, 3.63) is 0 Å². The second-order valence-electron chi connectivity index (χ2n) is 4.48. The summed E-state index contributed by atoms with van der Waals surface area (Å²) in [6, 6.07) is -0.345. The van der Waals surface area contributed by atoms with Gasteiger partial charge in [-0.05, 0) is 12.3 Å². The number of alkyl halides is 3. The van der Waals surface area contributed by atoms with Gasteiger partial charge in [0.1, 0.15) is 0 Å².